The Morgan fingerprint density at radius 2 is 1.91 bits per heavy atom. The van der Waals surface area contributed by atoms with Crippen LogP contribution in [0, 0.1) is 10.1 Å². The Hall–Kier alpha value is -2.43. The van der Waals surface area contributed by atoms with E-state index in [-0.39, 0.29) is 17.1 Å². The quantitative estimate of drug-likeness (QED) is 0.640. The van der Waals surface area contributed by atoms with Gasteiger partial charge in [-0.25, -0.2) is 0 Å². The molecule has 2 rings (SSSR count). The van der Waals surface area contributed by atoms with Gasteiger partial charge in [-0.3, -0.25) is 19.6 Å². The Bertz CT molecular complexity index is 771. The number of anilines is 1. The second-order valence-corrected chi connectivity index (χ2v) is 5.18. The number of aromatic nitrogens is 2. The zero-order valence-corrected chi connectivity index (χ0v) is 13.0. The topological polar surface area (TPSA) is 90.1 Å². The van der Waals surface area contributed by atoms with Crippen molar-refractivity contribution in [2.45, 2.75) is 6.18 Å². The molecule has 0 aliphatic carbocycles. The Kier molecular flexibility index (Phi) is 4.41. The van der Waals surface area contributed by atoms with Crippen molar-refractivity contribution in [2.75, 3.05) is 5.32 Å². The fraction of sp³-hybridized carbons (Fsp3) is 0.167. The third-order valence-electron chi connectivity index (χ3n) is 2.81. The van der Waals surface area contributed by atoms with Crippen LogP contribution in [0.1, 0.15) is 16.2 Å². The summed E-state index contributed by atoms with van der Waals surface area (Å²) in [7, 11) is 1.20. The van der Waals surface area contributed by atoms with Crippen molar-refractivity contribution in [3.8, 4) is 0 Å². The van der Waals surface area contributed by atoms with Crippen molar-refractivity contribution < 1.29 is 22.9 Å². The lowest BCUT2D eigenvalue weighted by atomic mass is 10.2. The standard InChI is InChI=1S/C12H8BrF3N4O3/c1-19-9(8(13)10(18-19)12(14,15)16)11(21)17-6-2-4-7(5-3-6)20(22)23/h2-5H,1H3,(H,17,21). The van der Waals surface area contributed by atoms with Crippen molar-refractivity contribution in [3.63, 3.8) is 0 Å². The predicted molar refractivity (Wildman–Crippen MR) is 77.0 cm³/mol. The molecule has 0 spiro atoms. The number of benzene rings is 1. The molecule has 122 valence electrons. The molecule has 11 heteroatoms. The molecule has 7 nitrogen and oxygen atoms in total. The lowest BCUT2D eigenvalue weighted by Gasteiger charge is -2.06. The molecule has 1 heterocycles. The maximum absolute atomic E-state index is 12.8. The molecule has 0 saturated carbocycles. The summed E-state index contributed by atoms with van der Waals surface area (Å²) in [5, 5.41) is 16.2. The monoisotopic (exact) mass is 392 g/mol. The number of alkyl halides is 3. The Morgan fingerprint density at radius 3 is 2.35 bits per heavy atom. The van der Waals surface area contributed by atoms with Crippen LogP contribution in [0.5, 0.6) is 0 Å². The number of hydrogen-bond acceptors (Lipinski definition) is 4. The van der Waals surface area contributed by atoms with Crippen molar-refractivity contribution in [3.05, 3.63) is 50.2 Å². The zero-order chi connectivity index (χ0) is 17.4. The number of carbonyl (C=O) groups is 1. The molecule has 0 atom stereocenters. The van der Waals surface area contributed by atoms with Gasteiger partial charge in [0.25, 0.3) is 11.6 Å². The molecule has 0 bridgehead atoms. The molecule has 23 heavy (non-hydrogen) atoms. The summed E-state index contributed by atoms with van der Waals surface area (Å²) in [6, 6.07) is 4.86. The van der Waals surface area contributed by atoms with E-state index in [9.17, 15) is 28.1 Å². The molecular formula is C12H8BrF3N4O3. The number of carbonyl (C=O) groups excluding carboxylic acids is 1. The number of nitrogens with one attached hydrogen (secondary N) is 1. The molecule has 2 aromatic rings. The largest absolute Gasteiger partial charge is 0.436 e. The number of amides is 1. The molecule has 1 amide bonds. The number of nitro groups is 1. The molecule has 0 fully saturated rings. The fourth-order valence-electron chi connectivity index (χ4n) is 1.78. The molecule has 0 unspecified atom stereocenters. The average Bonchev–Trinajstić information content (AvgIpc) is 2.74. The highest BCUT2D eigenvalue weighted by Crippen LogP contribution is 2.35. The van der Waals surface area contributed by atoms with Gasteiger partial charge in [0.2, 0.25) is 0 Å². The van der Waals surface area contributed by atoms with Gasteiger partial charge in [-0.1, -0.05) is 0 Å². The number of non-ortho nitro benzene ring substituents is 1. The van der Waals surface area contributed by atoms with Crippen molar-refractivity contribution in [1.82, 2.24) is 9.78 Å². The van der Waals surface area contributed by atoms with Gasteiger partial charge < -0.3 is 5.32 Å². The summed E-state index contributed by atoms with van der Waals surface area (Å²) in [6.07, 6.45) is -4.71. The summed E-state index contributed by atoms with van der Waals surface area (Å²) in [5.74, 6) is -0.837. The summed E-state index contributed by atoms with van der Waals surface area (Å²) < 4.78 is 38.6. The minimum Gasteiger partial charge on any atom is -0.321 e. The summed E-state index contributed by atoms with van der Waals surface area (Å²) >= 11 is 2.73. The lowest BCUT2D eigenvalue weighted by Crippen LogP contribution is -2.16. The Morgan fingerprint density at radius 1 is 1.35 bits per heavy atom. The summed E-state index contributed by atoms with van der Waals surface area (Å²) in [4.78, 5) is 22.0. The normalized spacial score (nSPS) is 11.3. The number of nitro benzene ring substituents is 1. The average molecular weight is 393 g/mol. The van der Waals surface area contributed by atoms with Gasteiger partial charge in [-0.15, -0.1) is 0 Å². The second kappa shape index (κ2) is 5.99. The van der Waals surface area contributed by atoms with Crippen LogP contribution in [0.3, 0.4) is 0 Å². The number of aryl methyl sites for hydroxylation is 1. The minimum atomic E-state index is -4.71. The first-order valence-electron chi connectivity index (χ1n) is 5.96. The van der Waals surface area contributed by atoms with Crippen LogP contribution in [0.15, 0.2) is 28.7 Å². The van der Waals surface area contributed by atoms with Crippen molar-refractivity contribution in [1.29, 1.82) is 0 Å². The van der Waals surface area contributed by atoms with Crippen LogP contribution in [0.4, 0.5) is 24.5 Å². The van der Waals surface area contributed by atoms with Crippen LogP contribution < -0.4 is 5.32 Å². The zero-order valence-electron chi connectivity index (χ0n) is 11.4. The maximum Gasteiger partial charge on any atom is 0.436 e. The van der Waals surface area contributed by atoms with Gasteiger partial charge in [0.1, 0.15) is 5.69 Å². The minimum absolute atomic E-state index is 0.177. The van der Waals surface area contributed by atoms with E-state index in [2.05, 4.69) is 26.3 Å². The van der Waals surface area contributed by atoms with Gasteiger partial charge >= 0.3 is 6.18 Å². The molecule has 0 radical (unpaired) electrons. The van der Waals surface area contributed by atoms with Crippen LogP contribution >= 0.6 is 15.9 Å². The number of halogens is 4. The highest BCUT2D eigenvalue weighted by atomic mass is 79.9. The van der Waals surface area contributed by atoms with E-state index in [0.717, 1.165) is 16.8 Å². The fourth-order valence-corrected chi connectivity index (χ4v) is 2.52. The first-order chi connectivity index (χ1) is 10.6. The van der Waals surface area contributed by atoms with Crippen molar-refractivity contribution >= 4 is 33.2 Å². The van der Waals surface area contributed by atoms with Crippen molar-refractivity contribution in [2.24, 2.45) is 7.05 Å². The summed E-state index contributed by atoms with van der Waals surface area (Å²) in [5.41, 5.74) is -1.52. The predicted octanol–water partition coefficient (Wildman–Crippen LogP) is 3.36. The van der Waals surface area contributed by atoms with Gasteiger partial charge in [0.15, 0.2) is 5.69 Å². The first kappa shape index (κ1) is 16.9. The van der Waals surface area contributed by atoms with Crippen LogP contribution in [0.2, 0.25) is 0 Å². The van der Waals surface area contributed by atoms with Gasteiger partial charge in [-0.05, 0) is 28.1 Å². The number of hydrogen-bond donors (Lipinski definition) is 1. The second-order valence-electron chi connectivity index (χ2n) is 4.39. The lowest BCUT2D eigenvalue weighted by molar-refractivity contribution is -0.384. The van der Waals surface area contributed by atoms with E-state index in [1.807, 2.05) is 0 Å². The Labute approximate surface area is 135 Å². The molecular weight excluding hydrogens is 385 g/mol. The van der Waals surface area contributed by atoms with Crippen LogP contribution in [-0.2, 0) is 13.2 Å². The van der Waals surface area contributed by atoms with Crippen LogP contribution in [0.25, 0.3) is 0 Å². The highest BCUT2D eigenvalue weighted by Gasteiger charge is 2.39. The first-order valence-corrected chi connectivity index (χ1v) is 6.76. The molecule has 0 aliphatic heterocycles. The molecule has 1 N–H and O–H groups in total. The van der Waals surface area contributed by atoms with E-state index >= 15 is 0 Å². The van der Waals surface area contributed by atoms with Gasteiger partial charge in [0.05, 0.1) is 9.40 Å². The third kappa shape index (κ3) is 3.50. The molecule has 0 aliphatic rings. The van der Waals surface area contributed by atoms with E-state index in [4.69, 9.17) is 0 Å². The van der Waals surface area contributed by atoms with E-state index < -0.39 is 27.2 Å². The smallest absolute Gasteiger partial charge is 0.321 e. The van der Waals surface area contributed by atoms with E-state index in [0.29, 0.717) is 0 Å². The molecule has 1 aromatic carbocycles. The van der Waals surface area contributed by atoms with Gasteiger partial charge in [-0.2, -0.15) is 18.3 Å². The number of nitrogens with zero attached hydrogens (tertiary/aromatic N) is 3. The molecule has 0 saturated heterocycles. The Balaban J connectivity index is 2.28. The van der Waals surface area contributed by atoms with E-state index in [1.54, 1.807) is 0 Å². The third-order valence-corrected chi connectivity index (χ3v) is 3.56. The van der Waals surface area contributed by atoms with E-state index in [1.165, 1.54) is 19.2 Å². The maximum atomic E-state index is 12.8. The highest BCUT2D eigenvalue weighted by molar-refractivity contribution is 9.10. The SMILES string of the molecule is Cn1nc(C(F)(F)F)c(Br)c1C(=O)Nc1ccc([N+](=O)[O-])cc1. The van der Waals surface area contributed by atoms with Gasteiger partial charge in [0, 0.05) is 24.9 Å². The summed E-state index contributed by atoms with van der Waals surface area (Å²) in [6.45, 7) is 0. The molecule has 1 aromatic heterocycles. The van der Waals surface area contributed by atoms with Crippen LogP contribution in [-0.4, -0.2) is 20.6 Å². The number of rotatable bonds is 3.